The maximum absolute atomic E-state index is 11.3. The lowest BCUT2D eigenvalue weighted by molar-refractivity contribution is -0.139. The molecule has 1 saturated carbocycles. The molecule has 9 atom stereocenters. The van der Waals surface area contributed by atoms with Crippen LogP contribution in [0.3, 0.4) is 0 Å². The maximum atomic E-state index is 11.3. The minimum absolute atomic E-state index is 0.00682. The van der Waals surface area contributed by atoms with E-state index in [1.54, 1.807) is 7.11 Å². The van der Waals surface area contributed by atoms with Crippen LogP contribution in [0.5, 0.6) is 0 Å². The first kappa shape index (κ1) is 35.3. The summed E-state index contributed by atoms with van der Waals surface area (Å²) in [6.07, 6.45) is 2.73. The Balaban J connectivity index is 1.39. The lowest BCUT2D eigenvalue weighted by Gasteiger charge is -2.42. The Kier molecular flexibility index (Phi) is 12.7. The highest BCUT2D eigenvalue weighted by atomic mass is 28.4. The van der Waals surface area contributed by atoms with Gasteiger partial charge in [-0.3, -0.25) is 0 Å². The van der Waals surface area contributed by atoms with Gasteiger partial charge in [0.1, 0.15) is 0 Å². The van der Waals surface area contributed by atoms with Gasteiger partial charge < -0.3 is 28.5 Å². The van der Waals surface area contributed by atoms with Crippen LogP contribution in [0.1, 0.15) is 71.4 Å². The minimum atomic E-state index is -2.05. The normalized spacial score (nSPS) is 29.4. The lowest BCUT2D eigenvalue weighted by atomic mass is 9.72. The van der Waals surface area contributed by atoms with Crippen molar-refractivity contribution in [3.63, 3.8) is 0 Å². The average molecular weight is 627 g/mol. The third-order valence-corrected chi connectivity index (χ3v) is 15.1. The molecule has 4 rings (SSSR count). The number of methoxy groups -OCH3 is 1. The molecule has 0 bridgehead atoms. The third-order valence-electron chi connectivity index (χ3n) is 10.6. The van der Waals surface area contributed by atoms with Crippen molar-refractivity contribution in [2.45, 2.75) is 122 Å². The smallest absolute Gasteiger partial charge is 0.192 e. The van der Waals surface area contributed by atoms with Gasteiger partial charge in [-0.25, -0.2) is 0 Å². The second-order valence-corrected chi connectivity index (χ2v) is 19.6. The van der Waals surface area contributed by atoms with E-state index < -0.39 is 14.6 Å². The molecule has 7 heteroatoms. The molecule has 2 aliphatic rings. The van der Waals surface area contributed by atoms with E-state index in [0.29, 0.717) is 25.7 Å². The Labute approximate surface area is 267 Å². The maximum Gasteiger partial charge on any atom is 0.192 e. The van der Waals surface area contributed by atoms with E-state index in [-0.39, 0.29) is 47.2 Å². The van der Waals surface area contributed by atoms with Crippen molar-refractivity contribution in [1.82, 2.24) is 0 Å². The van der Waals surface area contributed by atoms with Crippen molar-refractivity contribution in [2.75, 3.05) is 13.7 Å². The van der Waals surface area contributed by atoms with E-state index in [1.807, 2.05) is 36.4 Å². The van der Waals surface area contributed by atoms with Crippen molar-refractivity contribution in [3.8, 4) is 0 Å². The fourth-order valence-electron chi connectivity index (χ4n) is 6.76. The summed E-state index contributed by atoms with van der Waals surface area (Å²) in [6.45, 7) is 17.8. The van der Waals surface area contributed by atoms with Crippen molar-refractivity contribution in [3.05, 3.63) is 71.8 Å². The number of rotatable bonds is 14. The molecule has 3 unspecified atom stereocenters. The number of aliphatic hydroxyl groups excluding tert-OH is 1. The van der Waals surface area contributed by atoms with Gasteiger partial charge in [0.25, 0.3) is 0 Å². The van der Waals surface area contributed by atoms with E-state index in [0.717, 1.165) is 25.7 Å². The first-order valence-electron chi connectivity index (χ1n) is 16.7. The fraction of sp³-hybridized carbons (Fsp3) is 0.676. The van der Waals surface area contributed by atoms with Crippen molar-refractivity contribution >= 4 is 8.32 Å². The number of aliphatic hydroxyl groups is 1. The largest absolute Gasteiger partial charge is 0.413 e. The highest BCUT2D eigenvalue weighted by Crippen LogP contribution is 2.46. The number of benzene rings is 2. The van der Waals surface area contributed by atoms with E-state index in [4.69, 9.17) is 23.4 Å². The second-order valence-electron chi connectivity index (χ2n) is 14.8. The highest BCUT2D eigenvalue weighted by Gasteiger charge is 2.49. The number of hydrogen-bond acceptors (Lipinski definition) is 6. The molecular weight excluding hydrogens is 568 g/mol. The highest BCUT2D eigenvalue weighted by molar-refractivity contribution is 6.74. The lowest BCUT2D eigenvalue weighted by Crippen LogP contribution is -2.47. The molecule has 2 aromatic carbocycles. The molecule has 1 aliphatic carbocycles. The second kappa shape index (κ2) is 15.8. The van der Waals surface area contributed by atoms with Crippen LogP contribution in [0.25, 0.3) is 0 Å². The number of ether oxygens (including phenoxy) is 4. The first-order chi connectivity index (χ1) is 20.9. The van der Waals surface area contributed by atoms with Gasteiger partial charge in [0.15, 0.2) is 14.6 Å². The van der Waals surface area contributed by atoms with Crippen LogP contribution in [0.4, 0.5) is 0 Å². The Hall–Kier alpha value is -1.58. The monoisotopic (exact) mass is 626 g/mol. The van der Waals surface area contributed by atoms with E-state index in [2.05, 4.69) is 72.0 Å². The molecule has 44 heavy (non-hydrogen) atoms. The molecule has 6 nitrogen and oxygen atoms in total. The van der Waals surface area contributed by atoms with Crippen molar-refractivity contribution < 1.29 is 28.5 Å². The summed E-state index contributed by atoms with van der Waals surface area (Å²) in [5, 5.41) is 11.4. The van der Waals surface area contributed by atoms with Crippen LogP contribution < -0.4 is 0 Å². The molecule has 2 fully saturated rings. The predicted molar refractivity (Wildman–Crippen MR) is 179 cm³/mol. The van der Waals surface area contributed by atoms with Gasteiger partial charge >= 0.3 is 0 Å². The third kappa shape index (κ3) is 9.24. The van der Waals surface area contributed by atoms with Crippen LogP contribution in [-0.4, -0.2) is 57.8 Å². The molecule has 0 aromatic heterocycles. The molecule has 0 spiro atoms. The van der Waals surface area contributed by atoms with Gasteiger partial charge in [-0.05, 0) is 66.8 Å². The summed E-state index contributed by atoms with van der Waals surface area (Å²) in [4.78, 5) is 0. The predicted octanol–water partition coefficient (Wildman–Crippen LogP) is 7.99. The van der Waals surface area contributed by atoms with E-state index >= 15 is 0 Å². The molecule has 1 heterocycles. The van der Waals surface area contributed by atoms with Crippen molar-refractivity contribution in [1.29, 1.82) is 0 Å². The summed E-state index contributed by atoms with van der Waals surface area (Å²) in [7, 11) is -0.271. The zero-order valence-electron chi connectivity index (χ0n) is 28.4. The van der Waals surface area contributed by atoms with Crippen LogP contribution in [0.15, 0.2) is 60.7 Å². The molecular formula is C37H58O6Si. The summed E-state index contributed by atoms with van der Waals surface area (Å²) in [6, 6.07) is 20.6. The zero-order chi connectivity index (χ0) is 31.9. The molecule has 0 amide bonds. The van der Waals surface area contributed by atoms with Gasteiger partial charge in [0.2, 0.25) is 0 Å². The Morgan fingerprint density at radius 3 is 2.14 bits per heavy atom. The fourth-order valence-corrected chi connectivity index (χ4v) is 8.20. The molecule has 2 aromatic rings. The standard InChI is InChI=1S/C37H58O6Si/c1-26(23-40-24-28-15-11-9-12-16-28)32(43-44(7,8)37(3,4)5)22-33-27(2)35(36(38)42-33)30-19-20-31(34(21-30)39-6)41-25-29-17-13-10-14-18-29/h9-18,26-27,30-36,38H,19-25H2,1-8H3/t26-,27+,30?,31-,32+,33+,34-,35?,36?/m1/s1. The SMILES string of the molecule is CO[C@@H]1CC(C2C(O)O[C@@H](C[C@H](O[Si](C)(C)C(C)(C)C)[C@H](C)COCc3ccccc3)[C@@H]2C)CC[C@H]1OCc1ccccc1. The van der Waals surface area contributed by atoms with Crippen LogP contribution in [0.2, 0.25) is 18.1 Å². The summed E-state index contributed by atoms with van der Waals surface area (Å²) >= 11 is 0. The van der Waals surface area contributed by atoms with Crippen LogP contribution in [-0.2, 0) is 36.6 Å². The Morgan fingerprint density at radius 1 is 0.932 bits per heavy atom. The quantitative estimate of drug-likeness (QED) is 0.215. The topological polar surface area (TPSA) is 66.4 Å². The minimum Gasteiger partial charge on any atom is -0.413 e. The Morgan fingerprint density at radius 2 is 1.55 bits per heavy atom. The van der Waals surface area contributed by atoms with Gasteiger partial charge in [-0.1, -0.05) is 95.3 Å². The molecule has 0 radical (unpaired) electrons. The molecule has 1 aliphatic heterocycles. The van der Waals surface area contributed by atoms with Crippen LogP contribution in [0, 0.1) is 23.7 Å². The van der Waals surface area contributed by atoms with E-state index in [1.165, 1.54) is 11.1 Å². The summed E-state index contributed by atoms with van der Waals surface area (Å²) < 4.78 is 31.9. The summed E-state index contributed by atoms with van der Waals surface area (Å²) in [5.74, 6) is 0.774. The van der Waals surface area contributed by atoms with E-state index in [9.17, 15) is 5.11 Å². The zero-order valence-corrected chi connectivity index (χ0v) is 29.4. The van der Waals surface area contributed by atoms with Gasteiger partial charge in [0, 0.05) is 18.9 Å². The first-order valence-corrected chi connectivity index (χ1v) is 19.6. The van der Waals surface area contributed by atoms with Gasteiger partial charge in [-0.2, -0.15) is 0 Å². The van der Waals surface area contributed by atoms with Gasteiger partial charge in [-0.15, -0.1) is 0 Å². The Bertz CT molecular complexity index is 1110. The summed E-state index contributed by atoms with van der Waals surface area (Å²) in [5.41, 5.74) is 2.35. The number of hydrogen-bond donors (Lipinski definition) is 1. The van der Waals surface area contributed by atoms with Crippen molar-refractivity contribution in [2.24, 2.45) is 23.7 Å². The van der Waals surface area contributed by atoms with Gasteiger partial charge in [0.05, 0.1) is 44.2 Å². The molecule has 246 valence electrons. The molecule has 1 saturated heterocycles. The van der Waals surface area contributed by atoms with Crippen LogP contribution >= 0.6 is 0 Å². The average Bonchev–Trinajstić information content (AvgIpc) is 3.27. The molecule has 1 N–H and O–H groups in total.